The van der Waals surface area contributed by atoms with Gasteiger partial charge in [-0.15, -0.1) is 0 Å². The number of aromatic nitrogens is 1. The number of nitrogens with one attached hydrogen (secondary N) is 1. The van der Waals surface area contributed by atoms with Gasteiger partial charge in [-0.25, -0.2) is 4.79 Å². The van der Waals surface area contributed by atoms with Crippen molar-refractivity contribution in [2.45, 2.75) is 18.9 Å². The van der Waals surface area contributed by atoms with Crippen molar-refractivity contribution in [3.05, 3.63) is 90.1 Å². The molecule has 0 fully saturated rings. The van der Waals surface area contributed by atoms with Crippen LogP contribution < -0.4 is 5.32 Å². The summed E-state index contributed by atoms with van der Waals surface area (Å²) in [5.74, 6) is -1.42. The third-order valence-corrected chi connectivity index (χ3v) is 5.33. The minimum absolute atomic E-state index is 0.203. The van der Waals surface area contributed by atoms with Crippen molar-refractivity contribution < 1.29 is 14.7 Å². The first-order valence-corrected chi connectivity index (χ1v) is 10.4. The lowest BCUT2D eigenvalue weighted by molar-refractivity contribution is -0.142. The van der Waals surface area contributed by atoms with Crippen molar-refractivity contribution in [3.63, 3.8) is 0 Å². The van der Waals surface area contributed by atoms with Crippen LogP contribution in [0.2, 0.25) is 0 Å². The van der Waals surface area contributed by atoms with E-state index in [2.05, 4.69) is 22.9 Å². The number of thiol groups is 1. The van der Waals surface area contributed by atoms with Crippen LogP contribution in [0.25, 0.3) is 11.3 Å². The van der Waals surface area contributed by atoms with E-state index in [1.807, 2.05) is 72.8 Å². The van der Waals surface area contributed by atoms with Gasteiger partial charge in [0, 0.05) is 23.9 Å². The molecule has 2 N–H and O–H groups in total. The number of carbonyl (C=O) groups is 2. The fourth-order valence-corrected chi connectivity index (χ4v) is 3.50. The van der Waals surface area contributed by atoms with E-state index >= 15 is 0 Å². The van der Waals surface area contributed by atoms with Gasteiger partial charge in [-0.2, -0.15) is 12.6 Å². The SMILES string of the molecule is O=C(N[C@@H](Cc1ccc(-c2ccccn2)cc1)C(=O)O)[C@@H](CS)Cc1ccccc1. The molecule has 0 radical (unpaired) electrons. The molecule has 154 valence electrons. The topological polar surface area (TPSA) is 79.3 Å². The standard InChI is InChI=1S/C24H24N2O3S/c27-23(20(16-30)14-17-6-2-1-3-7-17)26-22(24(28)29)15-18-9-11-19(12-10-18)21-8-4-5-13-25-21/h1-13,20,22,30H,14-16H2,(H,26,27)(H,28,29)/t20-,22+/m1/s1. The second-order valence-corrected chi connectivity index (χ2v) is 7.45. The highest BCUT2D eigenvalue weighted by atomic mass is 32.1. The first-order valence-electron chi connectivity index (χ1n) is 9.75. The molecule has 0 saturated heterocycles. The fourth-order valence-electron chi connectivity index (χ4n) is 3.21. The van der Waals surface area contributed by atoms with Crippen molar-refractivity contribution >= 4 is 24.5 Å². The Hall–Kier alpha value is -3.12. The van der Waals surface area contributed by atoms with Crippen LogP contribution >= 0.6 is 12.6 Å². The lowest BCUT2D eigenvalue weighted by Gasteiger charge is -2.19. The number of pyridine rings is 1. The Bertz CT molecular complexity index is 963. The van der Waals surface area contributed by atoms with Crippen molar-refractivity contribution in [1.82, 2.24) is 10.3 Å². The zero-order valence-corrected chi connectivity index (χ0v) is 17.3. The van der Waals surface area contributed by atoms with Crippen LogP contribution in [0.15, 0.2) is 79.0 Å². The molecule has 3 rings (SSSR count). The molecule has 0 aliphatic carbocycles. The monoisotopic (exact) mass is 420 g/mol. The van der Waals surface area contributed by atoms with Gasteiger partial charge >= 0.3 is 5.97 Å². The van der Waals surface area contributed by atoms with Gasteiger partial charge < -0.3 is 10.4 Å². The zero-order chi connectivity index (χ0) is 21.3. The van der Waals surface area contributed by atoms with Crippen molar-refractivity contribution in [3.8, 4) is 11.3 Å². The predicted molar refractivity (Wildman–Crippen MR) is 120 cm³/mol. The maximum atomic E-state index is 12.7. The number of amides is 1. The van der Waals surface area contributed by atoms with Gasteiger partial charge in [-0.3, -0.25) is 9.78 Å². The second kappa shape index (κ2) is 10.6. The number of carboxylic acids is 1. The number of carboxylic acid groups (broad SMARTS) is 1. The van der Waals surface area contributed by atoms with Gasteiger partial charge in [0.05, 0.1) is 11.6 Å². The van der Waals surface area contributed by atoms with Crippen molar-refractivity contribution in [2.75, 3.05) is 5.75 Å². The molecule has 0 aliphatic heterocycles. The molecular weight excluding hydrogens is 396 g/mol. The maximum Gasteiger partial charge on any atom is 0.326 e. The Labute approximate surface area is 181 Å². The van der Waals surface area contributed by atoms with E-state index in [-0.39, 0.29) is 12.3 Å². The van der Waals surface area contributed by atoms with Gasteiger partial charge in [-0.05, 0) is 29.7 Å². The van der Waals surface area contributed by atoms with E-state index in [4.69, 9.17) is 0 Å². The van der Waals surface area contributed by atoms with Crippen LogP contribution in [0, 0.1) is 5.92 Å². The lowest BCUT2D eigenvalue weighted by atomic mass is 9.98. The van der Waals surface area contributed by atoms with Crippen LogP contribution in [0.3, 0.4) is 0 Å². The summed E-state index contributed by atoms with van der Waals surface area (Å²) in [6, 6.07) is 21.9. The summed E-state index contributed by atoms with van der Waals surface area (Å²) < 4.78 is 0. The van der Waals surface area contributed by atoms with E-state index in [0.717, 1.165) is 22.4 Å². The second-order valence-electron chi connectivity index (χ2n) is 7.08. The quantitative estimate of drug-likeness (QED) is 0.462. The highest BCUT2D eigenvalue weighted by Crippen LogP contribution is 2.18. The Morgan fingerprint density at radius 1 is 0.900 bits per heavy atom. The van der Waals surface area contributed by atoms with Gasteiger partial charge in [0.25, 0.3) is 0 Å². The molecule has 0 aliphatic rings. The number of hydrogen-bond donors (Lipinski definition) is 3. The smallest absolute Gasteiger partial charge is 0.326 e. The number of hydrogen-bond acceptors (Lipinski definition) is 4. The molecule has 1 aromatic heterocycles. The molecule has 0 saturated carbocycles. The predicted octanol–water partition coefficient (Wildman–Crippen LogP) is 3.65. The fraction of sp³-hybridized carbons (Fsp3) is 0.208. The number of aliphatic carboxylic acids is 1. The minimum atomic E-state index is -1.06. The van der Waals surface area contributed by atoms with Gasteiger partial charge in [-0.1, -0.05) is 60.7 Å². The summed E-state index contributed by atoms with van der Waals surface area (Å²) in [6.45, 7) is 0. The summed E-state index contributed by atoms with van der Waals surface area (Å²) in [6.07, 6.45) is 2.45. The molecule has 0 unspecified atom stereocenters. The van der Waals surface area contributed by atoms with Gasteiger partial charge in [0.2, 0.25) is 5.91 Å². The molecule has 1 amide bonds. The van der Waals surface area contributed by atoms with Crippen molar-refractivity contribution in [2.24, 2.45) is 5.92 Å². The minimum Gasteiger partial charge on any atom is -0.480 e. The van der Waals surface area contributed by atoms with Gasteiger partial charge in [0.15, 0.2) is 0 Å². The van der Waals surface area contributed by atoms with Gasteiger partial charge in [0.1, 0.15) is 6.04 Å². The number of rotatable bonds is 9. The molecule has 30 heavy (non-hydrogen) atoms. The molecular formula is C24H24N2O3S. The summed E-state index contributed by atoms with van der Waals surface area (Å²) in [7, 11) is 0. The highest BCUT2D eigenvalue weighted by molar-refractivity contribution is 7.80. The average molecular weight is 421 g/mol. The Kier molecular flexibility index (Phi) is 7.63. The molecule has 0 spiro atoms. The first-order chi connectivity index (χ1) is 14.6. The first kappa shape index (κ1) is 21.6. The van der Waals surface area contributed by atoms with Crippen LogP contribution in [0.4, 0.5) is 0 Å². The van der Waals surface area contributed by atoms with Crippen LogP contribution in [0.5, 0.6) is 0 Å². The van der Waals surface area contributed by atoms with Crippen LogP contribution in [-0.4, -0.2) is 33.8 Å². The van der Waals surface area contributed by atoms with E-state index < -0.39 is 17.9 Å². The molecule has 0 bridgehead atoms. The Morgan fingerprint density at radius 2 is 1.57 bits per heavy atom. The Balaban J connectivity index is 1.65. The molecule has 2 aromatic carbocycles. The summed E-state index contributed by atoms with van der Waals surface area (Å²) >= 11 is 4.29. The molecule has 6 heteroatoms. The highest BCUT2D eigenvalue weighted by Gasteiger charge is 2.25. The normalized spacial score (nSPS) is 12.7. The Morgan fingerprint density at radius 3 is 2.17 bits per heavy atom. The third-order valence-electron chi connectivity index (χ3n) is 4.89. The average Bonchev–Trinajstić information content (AvgIpc) is 2.78. The van der Waals surface area contributed by atoms with E-state index in [1.54, 1.807) is 6.20 Å². The summed E-state index contributed by atoms with van der Waals surface area (Å²) in [5.41, 5.74) is 3.65. The van der Waals surface area contributed by atoms with E-state index in [9.17, 15) is 14.7 Å². The van der Waals surface area contributed by atoms with Crippen LogP contribution in [-0.2, 0) is 22.4 Å². The molecule has 5 nitrogen and oxygen atoms in total. The van der Waals surface area contributed by atoms with Crippen LogP contribution in [0.1, 0.15) is 11.1 Å². The number of nitrogens with zero attached hydrogens (tertiary/aromatic N) is 1. The molecule has 1 heterocycles. The van der Waals surface area contributed by atoms with E-state index in [1.165, 1.54) is 0 Å². The zero-order valence-electron chi connectivity index (χ0n) is 16.4. The molecule has 3 aromatic rings. The third kappa shape index (κ3) is 5.94. The number of carbonyl (C=O) groups excluding carboxylic acids is 1. The summed E-state index contributed by atoms with van der Waals surface area (Å²) in [4.78, 5) is 28.8. The molecule has 2 atom stereocenters. The largest absolute Gasteiger partial charge is 0.480 e. The number of benzene rings is 2. The summed E-state index contributed by atoms with van der Waals surface area (Å²) in [5, 5.41) is 12.3. The maximum absolute atomic E-state index is 12.7. The lowest BCUT2D eigenvalue weighted by Crippen LogP contribution is -2.45. The van der Waals surface area contributed by atoms with Crippen molar-refractivity contribution in [1.29, 1.82) is 0 Å². The van der Waals surface area contributed by atoms with E-state index in [0.29, 0.717) is 12.2 Å².